The highest BCUT2D eigenvalue weighted by atomic mass is 16.5. The SMILES string of the molecule is C=Cc1ccc(OC(C)CCCCC)c(C)c1. The van der Waals surface area contributed by atoms with Crippen LogP contribution in [0.1, 0.15) is 50.7 Å². The molecular formula is C16H24O. The van der Waals surface area contributed by atoms with Gasteiger partial charge in [-0.15, -0.1) is 0 Å². The van der Waals surface area contributed by atoms with Crippen LogP contribution in [0.2, 0.25) is 0 Å². The van der Waals surface area contributed by atoms with Crippen LogP contribution < -0.4 is 4.74 Å². The van der Waals surface area contributed by atoms with E-state index in [0.29, 0.717) is 6.10 Å². The van der Waals surface area contributed by atoms with Gasteiger partial charge in [0.1, 0.15) is 5.75 Å². The van der Waals surface area contributed by atoms with Crippen molar-refractivity contribution in [3.05, 3.63) is 35.9 Å². The topological polar surface area (TPSA) is 9.23 Å². The Hall–Kier alpha value is -1.24. The van der Waals surface area contributed by atoms with Crippen LogP contribution in [0.4, 0.5) is 0 Å². The van der Waals surface area contributed by atoms with Gasteiger partial charge >= 0.3 is 0 Å². The monoisotopic (exact) mass is 232 g/mol. The molecule has 1 atom stereocenters. The summed E-state index contributed by atoms with van der Waals surface area (Å²) in [6.07, 6.45) is 7.11. The maximum absolute atomic E-state index is 5.96. The van der Waals surface area contributed by atoms with Crippen LogP contribution in [0.5, 0.6) is 5.75 Å². The first kappa shape index (κ1) is 13.8. The van der Waals surface area contributed by atoms with Gasteiger partial charge in [-0.25, -0.2) is 0 Å². The van der Waals surface area contributed by atoms with E-state index in [1.54, 1.807) is 0 Å². The first-order valence-corrected chi connectivity index (χ1v) is 6.57. The van der Waals surface area contributed by atoms with Crippen LogP contribution in [-0.4, -0.2) is 6.10 Å². The largest absolute Gasteiger partial charge is 0.490 e. The third kappa shape index (κ3) is 4.64. The van der Waals surface area contributed by atoms with Gasteiger partial charge in [0.15, 0.2) is 0 Å². The summed E-state index contributed by atoms with van der Waals surface area (Å²) in [5.41, 5.74) is 2.33. The van der Waals surface area contributed by atoms with Crippen LogP contribution in [0.3, 0.4) is 0 Å². The molecule has 1 nitrogen and oxygen atoms in total. The Kier molecular flexibility index (Phi) is 5.82. The van der Waals surface area contributed by atoms with Gasteiger partial charge in [-0.1, -0.05) is 38.5 Å². The highest BCUT2D eigenvalue weighted by Crippen LogP contribution is 2.22. The minimum Gasteiger partial charge on any atom is -0.490 e. The minimum atomic E-state index is 0.301. The molecule has 0 fully saturated rings. The number of hydrogen-bond acceptors (Lipinski definition) is 1. The predicted octanol–water partition coefficient (Wildman–Crippen LogP) is 4.99. The van der Waals surface area contributed by atoms with Crippen molar-refractivity contribution in [2.24, 2.45) is 0 Å². The molecule has 1 rings (SSSR count). The highest BCUT2D eigenvalue weighted by Gasteiger charge is 2.06. The van der Waals surface area contributed by atoms with Crippen LogP contribution >= 0.6 is 0 Å². The molecule has 1 heteroatoms. The van der Waals surface area contributed by atoms with Gasteiger partial charge in [-0.2, -0.15) is 0 Å². The quantitative estimate of drug-likeness (QED) is 0.602. The molecule has 0 spiro atoms. The number of rotatable bonds is 7. The fourth-order valence-corrected chi connectivity index (χ4v) is 1.89. The molecule has 0 aliphatic heterocycles. The van der Waals surface area contributed by atoms with Gasteiger partial charge in [-0.3, -0.25) is 0 Å². The van der Waals surface area contributed by atoms with Crippen molar-refractivity contribution in [3.63, 3.8) is 0 Å². The van der Waals surface area contributed by atoms with Crippen molar-refractivity contribution in [2.75, 3.05) is 0 Å². The van der Waals surface area contributed by atoms with E-state index in [1.165, 1.54) is 24.8 Å². The van der Waals surface area contributed by atoms with E-state index in [2.05, 4.69) is 33.4 Å². The van der Waals surface area contributed by atoms with Crippen molar-refractivity contribution in [2.45, 2.75) is 52.6 Å². The van der Waals surface area contributed by atoms with E-state index in [0.717, 1.165) is 17.7 Å². The zero-order valence-corrected chi connectivity index (χ0v) is 11.3. The summed E-state index contributed by atoms with van der Waals surface area (Å²) in [4.78, 5) is 0. The number of ether oxygens (including phenoxy) is 1. The predicted molar refractivity (Wildman–Crippen MR) is 75.5 cm³/mol. The van der Waals surface area contributed by atoms with Gasteiger partial charge in [0.05, 0.1) is 6.10 Å². The van der Waals surface area contributed by atoms with E-state index in [-0.39, 0.29) is 0 Å². The average Bonchev–Trinajstić information content (AvgIpc) is 2.32. The molecule has 0 saturated heterocycles. The van der Waals surface area contributed by atoms with Crippen LogP contribution in [-0.2, 0) is 0 Å². The van der Waals surface area contributed by atoms with Crippen molar-refractivity contribution < 1.29 is 4.74 Å². The summed E-state index contributed by atoms with van der Waals surface area (Å²) < 4.78 is 5.96. The average molecular weight is 232 g/mol. The molecule has 0 aliphatic carbocycles. The molecule has 94 valence electrons. The third-order valence-electron chi connectivity index (χ3n) is 2.98. The standard InChI is InChI=1S/C16H24O/c1-5-7-8-9-14(4)17-16-11-10-15(6-2)12-13(16)3/h6,10-12,14H,2,5,7-9H2,1,3-4H3. The summed E-state index contributed by atoms with van der Waals surface area (Å²) in [5, 5.41) is 0. The van der Waals surface area contributed by atoms with E-state index in [4.69, 9.17) is 4.74 Å². The molecule has 0 bridgehead atoms. The molecular weight excluding hydrogens is 208 g/mol. The molecule has 1 unspecified atom stereocenters. The Bertz CT molecular complexity index is 355. The highest BCUT2D eigenvalue weighted by molar-refractivity contribution is 5.51. The maximum atomic E-state index is 5.96. The number of benzene rings is 1. The van der Waals surface area contributed by atoms with E-state index >= 15 is 0 Å². The second-order valence-corrected chi connectivity index (χ2v) is 4.65. The zero-order chi connectivity index (χ0) is 12.7. The smallest absolute Gasteiger partial charge is 0.122 e. The van der Waals surface area contributed by atoms with Crippen molar-refractivity contribution in [1.82, 2.24) is 0 Å². The van der Waals surface area contributed by atoms with Gasteiger partial charge < -0.3 is 4.74 Å². The molecule has 0 radical (unpaired) electrons. The molecule has 0 aromatic heterocycles. The second-order valence-electron chi connectivity index (χ2n) is 4.65. The molecule has 0 amide bonds. The normalized spacial score (nSPS) is 12.2. The number of aryl methyl sites for hydroxylation is 1. The van der Waals surface area contributed by atoms with Gasteiger partial charge in [-0.05, 0) is 49.9 Å². The molecule has 0 aliphatic rings. The van der Waals surface area contributed by atoms with Gasteiger partial charge in [0.25, 0.3) is 0 Å². The first-order chi connectivity index (χ1) is 8.17. The van der Waals surface area contributed by atoms with Crippen LogP contribution in [0, 0.1) is 6.92 Å². The Morgan fingerprint density at radius 2 is 2.12 bits per heavy atom. The van der Waals surface area contributed by atoms with Crippen LogP contribution in [0.15, 0.2) is 24.8 Å². The Balaban J connectivity index is 2.53. The van der Waals surface area contributed by atoms with E-state index < -0.39 is 0 Å². The zero-order valence-electron chi connectivity index (χ0n) is 11.3. The molecule has 0 N–H and O–H groups in total. The van der Waals surface area contributed by atoms with Crippen molar-refractivity contribution in [1.29, 1.82) is 0 Å². The van der Waals surface area contributed by atoms with E-state index in [1.807, 2.05) is 18.2 Å². The molecule has 0 saturated carbocycles. The molecule has 1 aromatic rings. The lowest BCUT2D eigenvalue weighted by molar-refractivity contribution is 0.205. The maximum Gasteiger partial charge on any atom is 0.122 e. The third-order valence-corrected chi connectivity index (χ3v) is 2.98. The summed E-state index contributed by atoms with van der Waals surface area (Å²) in [6, 6.07) is 6.21. The number of hydrogen-bond donors (Lipinski definition) is 0. The first-order valence-electron chi connectivity index (χ1n) is 6.57. The lowest BCUT2D eigenvalue weighted by Crippen LogP contribution is -2.12. The Labute approximate surface area is 106 Å². The summed E-state index contributed by atoms with van der Waals surface area (Å²) in [7, 11) is 0. The fourth-order valence-electron chi connectivity index (χ4n) is 1.89. The van der Waals surface area contributed by atoms with Crippen molar-refractivity contribution in [3.8, 4) is 5.75 Å². The molecule has 0 heterocycles. The minimum absolute atomic E-state index is 0.301. The lowest BCUT2D eigenvalue weighted by atomic mass is 10.1. The molecule has 1 aromatic carbocycles. The number of unbranched alkanes of at least 4 members (excludes halogenated alkanes) is 2. The second kappa shape index (κ2) is 7.16. The fraction of sp³-hybridized carbons (Fsp3) is 0.500. The van der Waals surface area contributed by atoms with E-state index in [9.17, 15) is 0 Å². The van der Waals surface area contributed by atoms with Crippen LogP contribution in [0.25, 0.3) is 6.08 Å². The summed E-state index contributed by atoms with van der Waals surface area (Å²) in [5.74, 6) is 1.000. The summed E-state index contributed by atoms with van der Waals surface area (Å²) >= 11 is 0. The Morgan fingerprint density at radius 1 is 1.35 bits per heavy atom. The Morgan fingerprint density at radius 3 is 2.71 bits per heavy atom. The molecule has 17 heavy (non-hydrogen) atoms. The van der Waals surface area contributed by atoms with Gasteiger partial charge in [0.2, 0.25) is 0 Å². The lowest BCUT2D eigenvalue weighted by Gasteiger charge is -2.16. The summed E-state index contributed by atoms with van der Waals surface area (Å²) in [6.45, 7) is 10.2. The van der Waals surface area contributed by atoms with Gasteiger partial charge in [0, 0.05) is 0 Å². The van der Waals surface area contributed by atoms with Crippen molar-refractivity contribution >= 4 is 6.08 Å².